The van der Waals surface area contributed by atoms with Crippen LogP contribution in [-0.2, 0) is 19.1 Å². The number of allylic oxidation sites excluding steroid dienone is 2. The van der Waals surface area contributed by atoms with Gasteiger partial charge in [-0.2, -0.15) is 0 Å². The van der Waals surface area contributed by atoms with Gasteiger partial charge in [0.1, 0.15) is 0 Å². The van der Waals surface area contributed by atoms with Crippen molar-refractivity contribution in [3.63, 3.8) is 0 Å². The number of hydrogen-bond donors (Lipinski definition) is 0. The summed E-state index contributed by atoms with van der Waals surface area (Å²) in [6.07, 6.45) is 3.98. The molecule has 4 nitrogen and oxygen atoms in total. The van der Waals surface area contributed by atoms with Gasteiger partial charge in [0.05, 0.1) is 19.6 Å². The number of rotatable bonds is 8. The topological polar surface area (TPSA) is 52.6 Å². The lowest BCUT2D eigenvalue weighted by atomic mass is 9.92. The van der Waals surface area contributed by atoms with Crippen LogP contribution in [0.3, 0.4) is 0 Å². The lowest BCUT2D eigenvalue weighted by Gasteiger charge is -2.16. The highest BCUT2D eigenvalue weighted by molar-refractivity contribution is 5.90. The smallest absolute Gasteiger partial charge is 0.334 e. The van der Waals surface area contributed by atoms with Crippen molar-refractivity contribution in [2.24, 2.45) is 5.92 Å². The summed E-state index contributed by atoms with van der Waals surface area (Å²) in [5.41, 5.74) is 0.474. The van der Waals surface area contributed by atoms with E-state index in [-0.39, 0.29) is 18.3 Å². The molecule has 0 aromatic carbocycles. The van der Waals surface area contributed by atoms with Gasteiger partial charge in [-0.15, -0.1) is 0 Å². The van der Waals surface area contributed by atoms with Crippen LogP contribution in [0.5, 0.6) is 0 Å². The maximum atomic E-state index is 11.8. The lowest BCUT2D eigenvalue weighted by Crippen LogP contribution is -2.19. The monoisotopic (exact) mass is 254 g/mol. The zero-order valence-electron chi connectivity index (χ0n) is 11.4. The molecular formula is C14H22O4. The third-order valence-corrected chi connectivity index (χ3v) is 2.46. The average molecular weight is 254 g/mol. The Morgan fingerprint density at radius 3 is 2.22 bits per heavy atom. The molecule has 0 rings (SSSR count). The number of carbonyl (C=O) groups excluding carboxylic acids is 2. The SMILES string of the molecule is C=CC=C(C(=O)OCC)C(CC)CC(=O)OCC. The Bertz CT molecular complexity index is 318. The van der Waals surface area contributed by atoms with E-state index in [0.717, 1.165) is 0 Å². The van der Waals surface area contributed by atoms with Crippen LogP contribution >= 0.6 is 0 Å². The molecule has 0 N–H and O–H groups in total. The van der Waals surface area contributed by atoms with E-state index < -0.39 is 5.97 Å². The third kappa shape index (κ3) is 5.66. The van der Waals surface area contributed by atoms with Gasteiger partial charge in [-0.05, 0) is 20.3 Å². The minimum atomic E-state index is -0.395. The van der Waals surface area contributed by atoms with E-state index in [0.29, 0.717) is 25.2 Å². The van der Waals surface area contributed by atoms with Gasteiger partial charge in [0.15, 0.2) is 0 Å². The van der Waals surface area contributed by atoms with Crippen LogP contribution in [0, 0.1) is 5.92 Å². The highest BCUT2D eigenvalue weighted by atomic mass is 16.5. The molecule has 0 amide bonds. The molecule has 1 atom stereocenters. The second kappa shape index (κ2) is 9.45. The van der Waals surface area contributed by atoms with Gasteiger partial charge in [0.2, 0.25) is 0 Å². The summed E-state index contributed by atoms with van der Waals surface area (Å²) < 4.78 is 9.87. The summed E-state index contributed by atoms with van der Waals surface area (Å²) in [5, 5.41) is 0. The highest BCUT2D eigenvalue weighted by Crippen LogP contribution is 2.21. The molecule has 0 bridgehead atoms. The molecule has 0 saturated carbocycles. The zero-order valence-corrected chi connectivity index (χ0v) is 11.4. The molecule has 0 heterocycles. The van der Waals surface area contributed by atoms with Crippen LogP contribution in [0.25, 0.3) is 0 Å². The van der Waals surface area contributed by atoms with E-state index in [9.17, 15) is 9.59 Å². The molecule has 0 aromatic rings. The first kappa shape index (κ1) is 16.4. The van der Waals surface area contributed by atoms with E-state index >= 15 is 0 Å². The molecule has 0 aromatic heterocycles. The fourth-order valence-electron chi connectivity index (χ4n) is 1.61. The molecule has 0 aliphatic rings. The second-order valence-corrected chi connectivity index (χ2v) is 3.69. The van der Waals surface area contributed by atoms with Gasteiger partial charge >= 0.3 is 11.9 Å². The Labute approximate surface area is 109 Å². The first-order valence-electron chi connectivity index (χ1n) is 6.25. The summed E-state index contributed by atoms with van der Waals surface area (Å²) >= 11 is 0. The standard InChI is InChI=1S/C14H22O4/c1-5-9-12(14(16)18-8-4)11(6-2)10-13(15)17-7-3/h5,9,11H,1,6-8,10H2,2-4H3. The number of esters is 2. The molecule has 0 aliphatic heterocycles. The molecule has 0 spiro atoms. The van der Waals surface area contributed by atoms with Crippen molar-refractivity contribution >= 4 is 11.9 Å². The average Bonchev–Trinajstić information content (AvgIpc) is 2.34. The Balaban J connectivity index is 4.83. The Morgan fingerprint density at radius 2 is 1.78 bits per heavy atom. The summed E-state index contributed by atoms with van der Waals surface area (Å²) in [6.45, 7) is 9.64. The van der Waals surface area contributed by atoms with E-state index in [1.54, 1.807) is 19.9 Å². The molecule has 0 radical (unpaired) electrons. The van der Waals surface area contributed by atoms with Crippen molar-refractivity contribution in [3.8, 4) is 0 Å². The fourth-order valence-corrected chi connectivity index (χ4v) is 1.61. The Kier molecular flexibility index (Phi) is 8.62. The second-order valence-electron chi connectivity index (χ2n) is 3.69. The highest BCUT2D eigenvalue weighted by Gasteiger charge is 2.23. The van der Waals surface area contributed by atoms with Crippen molar-refractivity contribution in [2.75, 3.05) is 13.2 Å². The van der Waals surface area contributed by atoms with Gasteiger partial charge in [-0.1, -0.05) is 25.7 Å². The van der Waals surface area contributed by atoms with Crippen molar-refractivity contribution in [1.29, 1.82) is 0 Å². The number of carbonyl (C=O) groups is 2. The van der Waals surface area contributed by atoms with Gasteiger partial charge in [-0.25, -0.2) is 4.79 Å². The van der Waals surface area contributed by atoms with Crippen molar-refractivity contribution in [1.82, 2.24) is 0 Å². The Hall–Kier alpha value is -1.58. The molecule has 4 heteroatoms. The molecule has 102 valence electrons. The molecule has 0 aliphatic carbocycles. The van der Waals surface area contributed by atoms with Crippen LogP contribution < -0.4 is 0 Å². The van der Waals surface area contributed by atoms with Gasteiger partial charge in [0.25, 0.3) is 0 Å². The summed E-state index contributed by atoms with van der Waals surface area (Å²) in [7, 11) is 0. The molecule has 1 unspecified atom stereocenters. The van der Waals surface area contributed by atoms with Gasteiger partial charge in [-0.3, -0.25) is 4.79 Å². The summed E-state index contributed by atoms with van der Waals surface area (Å²) in [4.78, 5) is 23.3. The molecule has 18 heavy (non-hydrogen) atoms. The van der Waals surface area contributed by atoms with Gasteiger partial charge in [0, 0.05) is 11.5 Å². The van der Waals surface area contributed by atoms with Crippen molar-refractivity contribution in [3.05, 3.63) is 24.3 Å². The third-order valence-electron chi connectivity index (χ3n) is 2.46. The normalized spacial score (nSPS) is 12.7. The first-order valence-corrected chi connectivity index (χ1v) is 6.25. The molecule has 0 saturated heterocycles. The predicted octanol–water partition coefficient (Wildman–Crippen LogP) is 2.64. The lowest BCUT2D eigenvalue weighted by molar-refractivity contribution is -0.144. The minimum Gasteiger partial charge on any atom is -0.466 e. The van der Waals surface area contributed by atoms with E-state index in [1.807, 2.05) is 6.92 Å². The van der Waals surface area contributed by atoms with Crippen LogP contribution in [0.1, 0.15) is 33.6 Å². The van der Waals surface area contributed by atoms with Crippen molar-refractivity contribution < 1.29 is 19.1 Å². The fraction of sp³-hybridized carbons (Fsp3) is 0.571. The predicted molar refractivity (Wildman–Crippen MR) is 69.9 cm³/mol. The number of hydrogen-bond acceptors (Lipinski definition) is 4. The van der Waals surface area contributed by atoms with Gasteiger partial charge < -0.3 is 9.47 Å². The first-order chi connectivity index (χ1) is 8.60. The number of ether oxygens (including phenoxy) is 2. The summed E-state index contributed by atoms with van der Waals surface area (Å²) in [5.74, 6) is -0.891. The summed E-state index contributed by atoms with van der Waals surface area (Å²) in [6, 6.07) is 0. The van der Waals surface area contributed by atoms with Crippen molar-refractivity contribution in [2.45, 2.75) is 33.6 Å². The quantitative estimate of drug-likeness (QED) is 0.379. The minimum absolute atomic E-state index is 0.183. The largest absolute Gasteiger partial charge is 0.466 e. The maximum Gasteiger partial charge on any atom is 0.334 e. The van der Waals surface area contributed by atoms with Crippen LogP contribution in [0.4, 0.5) is 0 Å². The zero-order chi connectivity index (χ0) is 14.0. The maximum absolute atomic E-state index is 11.8. The molecule has 0 fully saturated rings. The van der Waals surface area contributed by atoms with E-state index in [1.165, 1.54) is 6.08 Å². The Morgan fingerprint density at radius 1 is 1.17 bits per heavy atom. The van der Waals surface area contributed by atoms with E-state index in [2.05, 4.69) is 6.58 Å². The van der Waals surface area contributed by atoms with E-state index in [4.69, 9.17) is 9.47 Å². The van der Waals surface area contributed by atoms with Crippen LogP contribution in [0.15, 0.2) is 24.3 Å². The van der Waals surface area contributed by atoms with Crippen LogP contribution in [-0.4, -0.2) is 25.2 Å². The van der Waals surface area contributed by atoms with Crippen LogP contribution in [0.2, 0.25) is 0 Å². The molecular weight excluding hydrogens is 232 g/mol.